The van der Waals surface area contributed by atoms with Crippen molar-refractivity contribution in [3.05, 3.63) is 23.8 Å². The predicted molar refractivity (Wildman–Crippen MR) is 78.1 cm³/mol. The van der Waals surface area contributed by atoms with Crippen LogP contribution in [0.4, 0.5) is 5.69 Å². The number of nitrogens with two attached hydrogens (primary N) is 1. The van der Waals surface area contributed by atoms with E-state index in [1.54, 1.807) is 24.1 Å². The molecule has 2 N–H and O–H groups in total. The molecule has 0 bridgehead atoms. The number of amides is 1. The van der Waals surface area contributed by atoms with Crippen molar-refractivity contribution in [1.29, 1.82) is 0 Å². The predicted octanol–water partition coefficient (Wildman–Crippen LogP) is 1.45. The van der Waals surface area contributed by atoms with Crippen LogP contribution in [-0.4, -0.2) is 43.1 Å². The lowest BCUT2D eigenvalue weighted by Crippen LogP contribution is -2.32. The highest BCUT2D eigenvalue weighted by Gasteiger charge is 2.29. The first-order valence-corrected chi connectivity index (χ1v) is 6.97. The van der Waals surface area contributed by atoms with Crippen molar-refractivity contribution in [3.8, 4) is 5.75 Å². The molecule has 0 saturated heterocycles. The van der Waals surface area contributed by atoms with E-state index in [1.165, 1.54) is 6.07 Å². The number of benzene rings is 1. The van der Waals surface area contributed by atoms with Gasteiger partial charge in [0.15, 0.2) is 6.61 Å². The van der Waals surface area contributed by atoms with E-state index >= 15 is 0 Å². The van der Waals surface area contributed by atoms with Gasteiger partial charge in [-0.1, -0.05) is 0 Å². The first-order chi connectivity index (χ1) is 10.0. The summed E-state index contributed by atoms with van der Waals surface area (Å²) in [6, 6.07) is 4.98. The molecular formula is C15H20N2O4. The number of rotatable bonds is 6. The van der Waals surface area contributed by atoms with Gasteiger partial charge in [0.05, 0.1) is 12.2 Å². The van der Waals surface area contributed by atoms with Crippen LogP contribution in [0.1, 0.15) is 30.1 Å². The second kappa shape index (κ2) is 6.47. The zero-order valence-electron chi connectivity index (χ0n) is 12.3. The van der Waals surface area contributed by atoms with Gasteiger partial charge in [0.2, 0.25) is 0 Å². The molecule has 21 heavy (non-hydrogen) atoms. The number of esters is 1. The first kappa shape index (κ1) is 15.2. The maximum atomic E-state index is 12.0. The van der Waals surface area contributed by atoms with Crippen LogP contribution in [0.5, 0.6) is 5.75 Å². The van der Waals surface area contributed by atoms with Crippen LogP contribution >= 0.6 is 0 Å². The Kier molecular flexibility index (Phi) is 4.67. The van der Waals surface area contributed by atoms with Gasteiger partial charge in [0.1, 0.15) is 5.75 Å². The molecule has 1 amide bonds. The zero-order valence-corrected chi connectivity index (χ0v) is 12.3. The molecular weight excluding hydrogens is 272 g/mol. The number of nitrogens with zero attached hydrogens (tertiary/aromatic N) is 1. The Hall–Kier alpha value is -2.24. The van der Waals surface area contributed by atoms with E-state index in [0.29, 0.717) is 24.1 Å². The van der Waals surface area contributed by atoms with Crippen molar-refractivity contribution >= 4 is 17.6 Å². The summed E-state index contributed by atoms with van der Waals surface area (Å²) in [5.74, 6) is -0.272. The summed E-state index contributed by atoms with van der Waals surface area (Å²) in [6.45, 7) is 2.06. The second-order valence-electron chi connectivity index (χ2n) is 5.04. The Morgan fingerprint density at radius 3 is 2.67 bits per heavy atom. The fourth-order valence-electron chi connectivity index (χ4n) is 1.97. The lowest BCUT2D eigenvalue weighted by atomic mass is 10.2. The van der Waals surface area contributed by atoms with Gasteiger partial charge in [-0.3, -0.25) is 4.79 Å². The topological polar surface area (TPSA) is 81.9 Å². The largest absolute Gasteiger partial charge is 0.494 e. The molecule has 1 saturated carbocycles. The SMILES string of the molecule is CCOc1cc(N)cc(C(=O)OCC(=O)N(C)C2CC2)c1. The van der Waals surface area contributed by atoms with Crippen LogP contribution in [0.2, 0.25) is 0 Å². The lowest BCUT2D eigenvalue weighted by molar-refractivity contribution is -0.133. The van der Waals surface area contributed by atoms with Crippen molar-refractivity contribution in [2.45, 2.75) is 25.8 Å². The van der Waals surface area contributed by atoms with Crippen LogP contribution in [-0.2, 0) is 9.53 Å². The molecule has 6 heteroatoms. The molecule has 0 unspecified atom stereocenters. The minimum atomic E-state index is -0.583. The van der Waals surface area contributed by atoms with Crippen molar-refractivity contribution < 1.29 is 19.1 Å². The molecule has 114 valence electrons. The van der Waals surface area contributed by atoms with Crippen molar-refractivity contribution in [2.24, 2.45) is 0 Å². The summed E-state index contributed by atoms with van der Waals surface area (Å²) >= 11 is 0. The molecule has 2 rings (SSSR count). The molecule has 0 heterocycles. The standard InChI is InChI=1S/C15H20N2O4/c1-3-20-13-7-10(6-11(16)8-13)15(19)21-9-14(18)17(2)12-4-5-12/h6-8,12H,3-5,9,16H2,1-2H3. The molecule has 6 nitrogen and oxygen atoms in total. The molecule has 1 aromatic rings. The Morgan fingerprint density at radius 1 is 1.33 bits per heavy atom. The van der Waals surface area contributed by atoms with Crippen LogP contribution < -0.4 is 10.5 Å². The minimum Gasteiger partial charge on any atom is -0.494 e. The van der Waals surface area contributed by atoms with Crippen molar-refractivity contribution in [3.63, 3.8) is 0 Å². The third-order valence-electron chi connectivity index (χ3n) is 3.29. The molecule has 0 radical (unpaired) electrons. The highest BCUT2D eigenvalue weighted by atomic mass is 16.5. The summed E-state index contributed by atoms with van der Waals surface area (Å²) in [7, 11) is 1.72. The molecule has 0 spiro atoms. The fourth-order valence-corrected chi connectivity index (χ4v) is 1.97. The summed E-state index contributed by atoms with van der Waals surface area (Å²) in [6.07, 6.45) is 2.03. The molecule has 0 aromatic heterocycles. The van der Waals surface area contributed by atoms with Gasteiger partial charge in [0, 0.05) is 24.8 Å². The van der Waals surface area contributed by atoms with Gasteiger partial charge in [-0.05, 0) is 31.9 Å². The van der Waals surface area contributed by atoms with E-state index in [1.807, 2.05) is 6.92 Å². The quantitative estimate of drug-likeness (QED) is 0.634. The van der Waals surface area contributed by atoms with E-state index in [2.05, 4.69) is 0 Å². The van der Waals surface area contributed by atoms with Gasteiger partial charge in [-0.2, -0.15) is 0 Å². The number of likely N-dealkylation sites (N-methyl/N-ethyl adjacent to an activating group) is 1. The average Bonchev–Trinajstić information content (AvgIpc) is 3.27. The molecule has 1 aromatic carbocycles. The molecule has 1 aliphatic rings. The maximum Gasteiger partial charge on any atom is 0.338 e. The third kappa shape index (κ3) is 4.11. The lowest BCUT2D eigenvalue weighted by Gasteiger charge is -2.16. The van der Waals surface area contributed by atoms with Gasteiger partial charge in [0.25, 0.3) is 5.91 Å². The monoisotopic (exact) mass is 292 g/mol. The van der Waals surface area contributed by atoms with E-state index in [0.717, 1.165) is 12.8 Å². The fraction of sp³-hybridized carbons (Fsp3) is 0.467. The number of hydrogen-bond acceptors (Lipinski definition) is 5. The molecule has 0 aliphatic heterocycles. The molecule has 1 fully saturated rings. The maximum absolute atomic E-state index is 12.0. The summed E-state index contributed by atoms with van der Waals surface area (Å²) in [5.41, 5.74) is 6.41. The minimum absolute atomic E-state index is 0.195. The smallest absolute Gasteiger partial charge is 0.338 e. The number of anilines is 1. The van der Waals surface area contributed by atoms with Gasteiger partial charge in [-0.25, -0.2) is 4.79 Å². The normalized spacial score (nSPS) is 13.6. The van der Waals surface area contributed by atoms with E-state index in [4.69, 9.17) is 15.2 Å². The Morgan fingerprint density at radius 2 is 2.05 bits per heavy atom. The zero-order chi connectivity index (χ0) is 15.4. The Balaban J connectivity index is 1.94. The molecule has 1 aliphatic carbocycles. The van der Waals surface area contributed by atoms with Crippen LogP contribution in [0.25, 0.3) is 0 Å². The van der Waals surface area contributed by atoms with Gasteiger partial charge >= 0.3 is 5.97 Å². The number of ether oxygens (including phenoxy) is 2. The Bertz CT molecular complexity index is 540. The number of carbonyl (C=O) groups excluding carboxylic acids is 2. The van der Waals surface area contributed by atoms with Crippen molar-refractivity contribution in [1.82, 2.24) is 4.90 Å². The highest BCUT2D eigenvalue weighted by molar-refractivity contribution is 5.92. The average molecular weight is 292 g/mol. The Labute approximate surface area is 123 Å². The number of hydrogen-bond donors (Lipinski definition) is 1. The summed E-state index contributed by atoms with van der Waals surface area (Å²) in [5, 5.41) is 0. The van der Waals surface area contributed by atoms with Crippen LogP contribution in [0.15, 0.2) is 18.2 Å². The highest BCUT2D eigenvalue weighted by Crippen LogP contribution is 2.25. The first-order valence-electron chi connectivity index (χ1n) is 6.97. The third-order valence-corrected chi connectivity index (χ3v) is 3.29. The van der Waals surface area contributed by atoms with E-state index < -0.39 is 5.97 Å². The van der Waals surface area contributed by atoms with E-state index in [9.17, 15) is 9.59 Å². The van der Waals surface area contributed by atoms with E-state index in [-0.39, 0.29) is 18.1 Å². The summed E-state index contributed by atoms with van der Waals surface area (Å²) in [4.78, 5) is 25.4. The van der Waals surface area contributed by atoms with Crippen molar-refractivity contribution in [2.75, 3.05) is 26.0 Å². The summed E-state index contributed by atoms with van der Waals surface area (Å²) < 4.78 is 10.4. The number of carbonyl (C=O) groups is 2. The van der Waals surface area contributed by atoms with Crippen LogP contribution in [0.3, 0.4) is 0 Å². The van der Waals surface area contributed by atoms with Gasteiger partial charge in [-0.15, -0.1) is 0 Å². The van der Waals surface area contributed by atoms with Gasteiger partial charge < -0.3 is 20.1 Å². The molecule has 0 atom stereocenters. The number of nitrogen functional groups attached to an aromatic ring is 1. The second-order valence-corrected chi connectivity index (χ2v) is 5.04. The van der Waals surface area contributed by atoms with Crippen LogP contribution in [0, 0.1) is 0 Å².